The summed E-state index contributed by atoms with van der Waals surface area (Å²) >= 11 is 0. The summed E-state index contributed by atoms with van der Waals surface area (Å²) in [5.74, 6) is -0.217. The molecule has 2 heterocycles. The molecular weight excluding hydrogens is 402 g/mol. The second-order valence-electron chi connectivity index (χ2n) is 6.85. The Kier molecular flexibility index (Phi) is 6.85. The average Bonchev–Trinajstić information content (AvgIpc) is 3.16. The topological polar surface area (TPSA) is 92.0 Å². The molecule has 1 amide bonds. The Labute approximate surface area is 181 Å². The molecule has 8 heteroatoms. The van der Waals surface area contributed by atoms with Crippen LogP contribution in [-0.2, 0) is 4.74 Å². The molecule has 1 aromatic heterocycles. The number of hydrogen-bond donors (Lipinski definition) is 2. The fraction of sp³-hybridized carbons (Fsp3) is 0.227. The molecule has 0 spiro atoms. The molecule has 1 unspecified atom stereocenters. The molecule has 154 valence electrons. The molecule has 4 rings (SSSR count). The van der Waals surface area contributed by atoms with Crippen molar-refractivity contribution in [2.24, 2.45) is 0 Å². The number of anilines is 1. The Morgan fingerprint density at radius 2 is 1.97 bits per heavy atom. The van der Waals surface area contributed by atoms with Gasteiger partial charge in [0.2, 0.25) is 0 Å². The van der Waals surface area contributed by atoms with Gasteiger partial charge in [0.15, 0.2) is 0 Å². The van der Waals surface area contributed by atoms with Crippen LogP contribution < -0.4 is 10.6 Å². The van der Waals surface area contributed by atoms with Crippen LogP contribution in [0.4, 0.5) is 5.69 Å². The standard InChI is InChI=1S/C22H21N5O2.ClH/c1-15-20(13-25-27(15)19-8-2-16(12-23)3-9-19)22(28)26-18-6-4-17(5-7-18)21-14-24-10-11-29-21;/h2-9,13,21,24H,10-11,14H2,1H3,(H,26,28);1H. The molecule has 1 aliphatic rings. The first-order valence-corrected chi connectivity index (χ1v) is 9.44. The molecule has 0 bridgehead atoms. The Hall–Kier alpha value is -3.18. The normalized spacial score (nSPS) is 15.7. The predicted molar refractivity (Wildman–Crippen MR) is 116 cm³/mol. The molecule has 1 aliphatic heterocycles. The third-order valence-corrected chi connectivity index (χ3v) is 4.96. The van der Waals surface area contributed by atoms with Gasteiger partial charge in [-0.25, -0.2) is 4.68 Å². The van der Waals surface area contributed by atoms with Crippen molar-refractivity contribution in [1.82, 2.24) is 15.1 Å². The second-order valence-corrected chi connectivity index (χ2v) is 6.85. The number of rotatable bonds is 4. The van der Waals surface area contributed by atoms with Gasteiger partial charge in [-0.15, -0.1) is 12.4 Å². The number of nitrogens with one attached hydrogen (secondary N) is 2. The summed E-state index contributed by atoms with van der Waals surface area (Å²) in [6.45, 7) is 4.21. The number of hydrogen-bond acceptors (Lipinski definition) is 5. The number of benzene rings is 2. The van der Waals surface area contributed by atoms with E-state index >= 15 is 0 Å². The van der Waals surface area contributed by atoms with Gasteiger partial charge in [-0.05, 0) is 48.9 Å². The maximum atomic E-state index is 12.7. The Bertz CT molecular complexity index is 1050. The van der Waals surface area contributed by atoms with Gasteiger partial charge in [-0.3, -0.25) is 4.79 Å². The highest BCUT2D eigenvalue weighted by Gasteiger charge is 2.17. The van der Waals surface area contributed by atoms with Crippen LogP contribution in [0.1, 0.15) is 33.3 Å². The summed E-state index contributed by atoms with van der Waals surface area (Å²) in [4.78, 5) is 12.7. The van der Waals surface area contributed by atoms with Crippen molar-refractivity contribution in [3.05, 3.63) is 77.1 Å². The van der Waals surface area contributed by atoms with Crippen LogP contribution >= 0.6 is 12.4 Å². The first kappa shape index (κ1) is 21.5. The molecule has 0 radical (unpaired) electrons. The number of halogens is 1. The number of carbonyl (C=O) groups is 1. The SMILES string of the molecule is Cc1c(C(=O)Nc2ccc(C3CNCCO3)cc2)cnn1-c1ccc(C#N)cc1.Cl. The molecular formula is C22H22ClN5O2. The lowest BCUT2D eigenvalue weighted by Crippen LogP contribution is -2.33. The Morgan fingerprint density at radius 3 is 2.60 bits per heavy atom. The number of aromatic nitrogens is 2. The van der Waals surface area contributed by atoms with Gasteiger partial charge in [0.25, 0.3) is 5.91 Å². The average molecular weight is 424 g/mol. The number of morpholine rings is 1. The number of nitrogens with zero attached hydrogens (tertiary/aromatic N) is 3. The molecule has 1 atom stereocenters. The minimum absolute atomic E-state index is 0. The minimum Gasteiger partial charge on any atom is -0.371 e. The van der Waals surface area contributed by atoms with E-state index in [4.69, 9.17) is 10.00 Å². The summed E-state index contributed by atoms with van der Waals surface area (Å²) in [5, 5.41) is 19.5. The van der Waals surface area contributed by atoms with Crippen molar-refractivity contribution in [3.63, 3.8) is 0 Å². The molecule has 3 aromatic rings. The largest absolute Gasteiger partial charge is 0.371 e. The van der Waals surface area contributed by atoms with Gasteiger partial charge in [-0.2, -0.15) is 10.4 Å². The van der Waals surface area contributed by atoms with Crippen LogP contribution in [0.15, 0.2) is 54.7 Å². The van der Waals surface area contributed by atoms with Crippen LogP contribution in [0.5, 0.6) is 0 Å². The molecule has 2 N–H and O–H groups in total. The van der Waals surface area contributed by atoms with Crippen molar-refractivity contribution in [3.8, 4) is 11.8 Å². The molecule has 1 fully saturated rings. The van der Waals surface area contributed by atoms with Gasteiger partial charge < -0.3 is 15.4 Å². The van der Waals surface area contributed by atoms with Gasteiger partial charge in [0, 0.05) is 18.8 Å². The van der Waals surface area contributed by atoms with Gasteiger partial charge in [-0.1, -0.05) is 12.1 Å². The zero-order valence-corrected chi connectivity index (χ0v) is 17.3. The fourth-order valence-corrected chi connectivity index (χ4v) is 3.33. The summed E-state index contributed by atoms with van der Waals surface area (Å²) in [7, 11) is 0. The first-order valence-electron chi connectivity index (χ1n) is 9.44. The zero-order valence-electron chi connectivity index (χ0n) is 16.5. The van der Waals surface area contributed by atoms with E-state index in [2.05, 4.69) is 21.8 Å². The van der Waals surface area contributed by atoms with Crippen molar-refractivity contribution >= 4 is 24.0 Å². The summed E-state index contributed by atoms with van der Waals surface area (Å²) < 4.78 is 7.44. The number of ether oxygens (including phenoxy) is 1. The Balaban J connectivity index is 0.00000256. The molecule has 2 aromatic carbocycles. The number of amides is 1. The maximum absolute atomic E-state index is 12.7. The molecule has 1 saturated heterocycles. The van der Waals surface area contributed by atoms with Crippen molar-refractivity contribution in [2.45, 2.75) is 13.0 Å². The highest BCUT2D eigenvalue weighted by molar-refractivity contribution is 6.05. The summed E-state index contributed by atoms with van der Waals surface area (Å²) in [6.07, 6.45) is 1.60. The van der Waals surface area contributed by atoms with Gasteiger partial charge in [0.05, 0.1) is 47.5 Å². The quantitative estimate of drug-likeness (QED) is 0.671. The predicted octanol–water partition coefficient (Wildman–Crippen LogP) is 3.39. The smallest absolute Gasteiger partial charge is 0.259 e. The maximum Gasteiger partial charge on any atom is 0.259 e. The summed E-state index contributed by atoms with van der Waals surface area (Å²) in [5.41, 5.74) is 4.40. The van der Waals surface area contributed by atoms with Crippen molar-refractivity contribution < 1.29 is 9.53 Å². The van der Waals surface area contributed by atoms with Crippen LogP contribution in [0, 0.1) is 18.3 Å². The van der Waals surface area contributed by atoms with Gasteiger partial charge >= 0.3 is 0 Å². The molecule has 30 heavy (non-hydrogen) atoms. The van der Waals surface area contributed by atoms with Crippen LogP contribution in [0.3, 0.4) is 0 Å². The van der Waals surface area contributed by atoms with Crippen LogP contribution in [0.2, 0.25) is 0 Å². The van der Waals surface area contributed by atoms with E-state index < -0.39 is 0 Å². The van der Waals surface area contributed by atoms with E-state index in [1.165, 1.54) is 0 Å². The fourth-order valence-electron chi connectivity index (χ4n) is 3.33. The second kappa shape index (κ2) is 9.55. The number of nitriles is 1. The van der Waals surface area contributed by atoms with Crippen molar-refractivity contribution in [2.75, 3.05) is 25.0 Å². The number of carbonyl (C=O) groups excluding carboxylic acids is 1. The monoisotopic (exact) mass is 423 g/mol. The lowest BCUT2D eigenvalue weighted by Gasteiger charge is -2.24. The zero-order chi connectivity index (χ0) is 20.2. The van der Waals surface area contributed by atoms with Crippen LogP contribution in [-0.4, -0.2) is 35.4 Å². The van der Waals surface area contributed by atoms with E-state index in [1.807, 2.05) is 31.2 Å². The Morgan fingerprint density at radius 1 is 1.23 bits per heavy atom. The third-order valence-electron chi connectivity index (χ3n) is 4.96. The lowest BCUT2D eigenvalue weighted by atomic mass is 10.1. The lowest BCUT2D eigenvalue weighted by molar-refractivity contribution is 0.0277. The van der Waals surface area contributed by atoms with E-state index in [0.29, 0.717) is 23.4 Å². The van der Waals surface area contributed by atoms with E-state index in [-0.39, 0.29) is 24.4 Å². The molecule has 7 nitrogen and oxygen atoms in total. The minimum atomic E-state index is -0.217. The summed E-state index contributed by atoms with van der Waals surface area (Å²) in [6, 6.07) is 16.9. The third kappa shape index (κ3) is 4.52. The molecule has 0 saturated carbocycles. The van der Waals surface area contributed by atoms with E-state index in [0.717, 1.165) is 30.0 Å². The molecule has 0 aliphatic carbocycles. The highest BCUT2D eigenvalue weighted by Crippen LogP contribution is 2.22. The van der Waals surface area contributed by atoms with E-state index in [1.54, 1.807) is 35.1 Å². The van der Waals surface area contributed by atoms with E-state index in [9.17, 15) is 4.79 Å². The van der Waals surface area contributed by atoms with Gasteiger partial charge in [0.1, 0.15) is 0 Å². The first-order chi connectivity index (χ1) is 14.2. The highest BCUT2D eigenvalue weighted by atomic mass is 35.5. The van der Waals surface area contributed by atoms with Crippen molar-refractivity contribution in [1.29, 1.82) is 5.26 Å². The van der Waals surface area contributed by atoms with Crippen LogP contribution in [0.25, 0.3) is 5.69 Å².